The average molecular weight is 485 g/mol. The molecule has 0 fully saturated rings. The number of pyridine rings is 1. The minimum atomic E-state index is -1.23. The number of hydrogen-bond acceptors (Lipinski definition) is 6. The lowest BCUT2D eigenvalue weighted by Gasteiger charge is -2.37. The van der Waals surface area contributed by atoms with Gasteiger partial charge in [0.05, 0.1) is 12.4 Å². The molecule has 1 amide bonds. The van der Waals surface area contributed by atoms with Gasteiger partial charge in [-0.05, 0) is 43.7 Å². The molecule has 0 saturated carbocycles. The van der Waals surface area contributed by atoms with E-state index in [1.807, 2.05) is 30.3 Å². The topological polar surface area (TPSA) is 100.0 Å². The van der Waals surface area contributed by atoms with Crippen molar-refractivity contribution in [1.82, 2.24) is 9.88 Å². The van der Waals surface area contributed by atoms with Gasteiger partial charge in [-0.3, -0.25) is 4.79 Å². The van der Waals surface area contributed by atoms with E-state index in [-0.39, 0.29) is 17.3 Å². The second-order valence-electron chi connectivity index (χ2n) is 7.58. The summed E-state index contributed by atoms with van der Waals surface area (Å²) in [6.45, 7) is 3.14. The highest BCUT2D eigenvalue weighted by Crippen LogP contribution is 2.41. The van der Waals surface area contributed by atoms with Gasteiger partial charge in [0.2, 0.25) is 0 Å². The van der Waals surface area contributed by atoms with Gasteiger partial charge in [0.25, 0.3) is 5.91 Å². The van der Waals surface area contributed by atoms with E-state index in [0.29, 0.717) is 0 Å². The highest BCUT2D eigenvalue weighted by atomic mass is 32.2. The van der Waals surface area contributed by atoms with Crippen molar-refractivity contribution < 1.29 is 28.9 Å². The highest BCUT2D eigenvalue weighted by molar-refractivity contribution is 7.99. The van der Waals surface area contributed by atoms with E-state index >= 15 is 0 Å². The quantitative estimate of drug-likeness (QED) is 0.422. The van der Waals surface area contributed by atoms with Crippen LogP contribution in [0.25, 0.3) is 0 Å². The second-order valence-corrected chi connectivity index (χ2v) is 8.80. The molecule has 3 rings (SSSR count). The molecular weight excluding hydrogens is 459 g/mol. The summed E-state index contributed by atoms with van der Waals surface area (Å²) in [7, 11) is 1.34. The lowest BCUT2D eigenvalue weighted by Crippen LogP contribution is -2.50. The Kier molecular flexibility index (Phi) is 8.12. The molecule has 0 saturated heterocycles. The molecule has 7 nitrogen and oxygen atoms in total. The van der Waals surface area contributed by atoms with Crippen molar-refractivity contribution in [3.05, 3.63) is 83.9 Å². The molecule has 3 aromatic rings. The van der Waals surface area contributed by atoms with Crippen molar-refractivity contribution in [3.63, 3.8) is 0 Å². The Morgan fingerprint density at radius 2 is 1.71 bits per heavy atom. The SMILES string of the molecule is COc1ccnc(C(=O)N(C(C)C(Sc2ccc(F)cc2)c2ccccc2)[C@@H](C)C(=O)O)c1O. The summed E-state index contributed by atoms with van der Waals surface area (Å²) in [6, 6.07) is 14.8. The van der Waals surface area contributed by atoms with E-state index in [1.54, 1.807) is 19.1 Å². The molecule has 2 unspecified atom stereocenters. The smallest absolute Gasteiger partial charge is 0.326 e. The zero-order valence-electron chi connectivity index (χ0n) is 18.9. The van der Waals surface area contributed by atoms with Gasteiger partial charge in [-0.25, -0.2) is 14.2 Å². The number of amides is 1. The van der Waals surface area contributed by atoms with Crippen LogP contribution in [0.1, 0.15) is 35.1 Å². The van der Waals surface area contributed by atoms with Crippen LogP contribution in [0, 0.1) is 5.82 Å². The van der Waals surface area contributed by atoms with Crippen molar-refractivity contribution >= 4 is 23.6 Å². The maximum atomic E-state index is 13.6. The third-order valence-corrected chi connectivity index (χ3v) is 6.86. The molecule has 0 aliphatic heterocycles. The van der Waals surface area contributed by atoms with Crippen LogP contribution in [0.5, 0.6) is 11.5 Å². The number of carbonyl (C=O) groups excluding carboxylic acids is 1. The van der Waals surface area contributed by atoms with Crippen molar-refractivity contribution in [1.29, 1.82) is 0 Å². The monoisotopic (exact) mass is 484 g/mol. The maximum absolute atomic E-state index is 13.6. The largest absolute Gasteiger partial charge is 0.503 e. The number of rotatable bonds is 9. The third kappa shape index (κ3) is 5.48. The van der Waals surface area contributed by atoms with Crippen LogP contribution in [0.2, 0.25) is 0 Å². The fraction of sp³-hybridized carbons (Fsp3) is 0.240. The van der Waals surface area contributed by atoms with E-state index < -0.39 is 35.0 Å². The predicted octanol–water partition coefficient (Wildman–Crippen LogP) is 4.77. The summed E-state index contributed by atoms with van der Waals surface area (Å²) in [4.78, 5) is 31.5. The number of aromatic hydroxyl groups is 1. The van der Waals surface area contributed by atoms with Crippen LogP contribution in [0.3, 0.4) is 0 Å². The minimum absolute atomic E-state index is 0.0502. The summed E-state index contributed by atoms with van der Waals surface area (Å²) < 4.78 is 18.5. The molecule has 178 valence electrons. The van der Waals surface area contributed by atoms with Gasteiger partial charge in [-0.15, -0.1) is 11.8 Å². The number of methoxy groups -OCH3 is 1. The van der Waals surface area contributed by atoms with Crippen LogP contribution in [0.15, 0.2) is 71.8 Å². The molecule has 0 aliphatic carbocycles. The molecule has 2 N–H and O–H groups in total. The summed E-state index contributed by atoms with van der Waals surface area (Å²) in [5.41, 5.74) is 0.542. The number of nitrogens with zero attached hydrogens (tertiary/aromatic N) is 2. The van der Waals surface area contributed by atoms with Crippen LogP contribution in [0.4, 0.5) is 4.39 Å². The Hall–Kier alpha value is -3.59. The number of carboxylic acid groups (broad SMARTS) is 1. The fourth-order valence-electron chi connectivity index (χ4n) is 3.61. The molecule has 0 aliphatic rings. The zero-order valence-corrected chi connectivity index (χ0v) is 19.7. The number of carboxylic acids is 1. The standard InChI is InChI=1S/C25H25FN2O5S/c1-15(23(17-7-5-4-6-8-17)34-19-11-9-18(26)10-12-19)28(16(2)25(31)32)24(30)21-22(29)20(33-3)13-14-27-21/h4-16,23,29H,1-3H3,(H,31,32)/t15?,16-,23?/m0/s1. The zero-order chi connectivity index (χ0) is 24.8. The van der Waals surface area contributed by atoms with Gasteiger partial charge < -0.3 is 19.8 Å². The van der Waals surface area contributed by atoms with Crippen molar-refractivity contribution in [2.75, 3.05) is 7.11 Å². The average Bonchev–Trinajstić information content (AvgIpc) is 2.84. The minimum Gasteiger partial charge on any atom is -0.503 e. The first-order chi connectivity index (χ1) is 16.2. The number of benzene rings is 2. The van der Waals surface area contributed by atoms with Gasteiger partial charge in [0, 0.05) is 23.2 Å². The first-order valence-corrected chi connectivity index (χ1v) is 11.4. The first kappa shape index (κ1) is 25.0. The second kappa shape index (κ2) is 11.0. The Morgan fingerprint density at radius 3 is 2.29 bits per heavy atom. The Morgan fingerprint density at radius 1 is 1.06 bits per heavy atom. The third-order valence-electron chi connectivity index (χ3n) is 5.40. The van der Waals surface area contributed by atoms with Gasteiger partial charge in [-0.1, -0.05) is 30.3 Å². The summed E-state index contributed by atoms with van der Waals surface area (Å²) in [6.07, 6.45) is 1.31. The Balaban J connectivity index is 2.07. The van der Waals surface area contributed by atoms with Gasteiger partial charge in [0.15, 0.2) is 17.2 Å². The van der Waals surface area contributed by atoms with Gasteiger partial charge >= 0.3 is 5.97 Å². The van der Waals surface area contributed by atoms with Gasteiger partial charge in [0.1, 0.15) is 11.9 Å². The van der Waals surface area contributed by atoms with E-state index in [4.69, 9.17) is 4.74 Å². The number of halogens is 1. The molecule has 2 aromatic carbocycles. The van der Waals surface area contributed by atoms with Crippen LogP contribution in [-0.4, -0.2) is 51.2 Å². The van der Waals surface area contributed by atoms with Gasteiger partial charge in [-0.2, -0.15) is 0 Å². The molecule has 0 radical (unpaired) electrons. The molecular formula is C25H25FN2O5S. The first-order valence-electron chi connectivity index (χ1n) is 10.5. The number of aromatic nitrogens is 1. The Bertz CT molecular complexity index is 1140. The molecule has 0 spiro atoms. The lowest BCUT2D eigenvalue weighted by atomic mass is 10.0. The number of ether oxygens (including phenoxy) is 1. The van der Waals surface area contributed by atoms with Crippen molar-refractivity contribution in [2.45, 2.75) is 36.1 Å². The summed E-state index contributed by atoms with van der Waals surface area (Å²) >= 11 is 1.38. The van der Waals surface area contributed by atoms with Crippen LogP contribution >= 0.6 is 11.8 Å². The van der Waals surface area contributed by atoms with Crippen molar-refractivity contribution in [3.8, 4) is 11.5 Å². The normalized spacial score (nSPS) is 13.5. The van der Waals surface area contributed by atoms with Crippen LogP contribution in [-0.2, 0) is 4.79 Å². The summed E-state index contributed by atoms with van der Waals surface area (Å²) in [5.74, 6) is -2.74. The fourth-order valence-corrected chi connectivity index (χ4v) is 4.81. The van der Waals surface area contributed by atoms with E-state index in [1.165, 1.54) is 55.1 Å². The molecule has 0 bridgehead atoms. The van der Waals surface area contributed by atoms with E-state index in [2.05, 4.69) is 4.98 Å². The molecule has 3 atom stereocenters. The molecule has 1 aromatic heterocycles. The van der Waals surface area contributed by atoms with Crippen LogP contribution < -0.4 is 4.74 Å². The summed E-state index contributed by atoms with van der Waals surface area (Å²) in [5, 5.41) is 19.9. The number of aliphatic carboxylic acids is 1. The predicted molar refractivity (Wildman–Crippen MR) is 127 cm³/mol. The highest BCUT2D eigenvalue weighted by Gasteiger charge is 2.37. The number of thioether (sulfide) groups is 1. The molecule has 34 heavy (non-hydrogen) atoms. The van der Waals surface area contributed by atoms with Crippen molar-refractivity contribution in [2.24, 2.45) is 0 Å². The van der Waals surface area contributed by atoms with E-state index in [9.17, 15) is 24.2 Å². The lowest BCUT2D eigenvalue weighted by molar-refractivity contribution is -0.142. The maximum Gasteiger partial charge on any atom is 0.326 e. The number of hydrogen-bond donors (Lipinski definition) is 2. The molecule has 1 heterocycles. The number of carbonyl (C=O) groups is 2. The molecule has 9 heteroatoms. The Labute approximate surface area is 201 Å². The van der Waals surface area contributed by atoms with E-state index in [0.717, 1.165) is 10.5 Å².